The summed E-state index contributed by atoms with van der Waals surface area (Å²) in [5, 5.41) is 12.6. The molecule has 1 saturated heterocycles. The predicted octanol–water partition coefficient (Wildman–Crippen LogP) is 0.851. The second-order valence-corrected chi connectivity index (χ2v) is 8.43. The molecule has 1 aliphatic rings. The molecular formula is C24H33IN4O2. The molecule has 0 saturated carbocycles. The minimum Gasteiger partial charge on any atom is -1.00 e. The van der Waals surface area contributed by atoms with Crippen molar-refractivity contribution in [1.29, 1.82) is 0 Å². The number of nitrogens with zero attached hydrogens (tertiary/aromatic N) is 3. The molecule has 1 atom stereocenters. The number of hydrogen-bond acceptors (Lipinski definition) is 5. The standard InChI is InChI=1S/C24H33N4O2.HI/c1-6-9-19-11-12-21(22(15-19)30-17-29-7-2)24-18(3)14-23(26-27-24)25-20-10-8-13-28(4,5)16-20;/h11-12,14-15,20H,7-8,10,13,16-17H2,1-5H3,(H,25,26);1H/q+1;/p-1/t20-;/m1./s1. The van der Waals surface area contributed by atoms with E-state index in [-0.39, 0.29) is 30.8 Å². The molecule has 1 N–H and O–H groups in total. The first-order valence-corrected chi connectivity index (χ1v) is 10.6. The Morgan fingerprint density at radius 1 is 1.23 bits per heavy atom. The lowest BCUT2D eigenvalue weighted by atomic mass is 10.0. The molecule has 2 aromatic rings. The summed E-state index contributed by atoms with van der Waals surface area (Å²) in [7, 11) is 4.56. The Balaban J connectivity index is 0.00000341. The van der Waals surface area contributed by atoms with Crippen molar-refractivity contribution in [2.75, 3.05) is 45.9 Å². The summed E-state index contributed by atoms with van der Waals surface area (Å²) in [4.78, 5) is 0. The number of rotatable bonds is 7. The first kappa shape index (κ1) is 25.4. The number of benzene rings is 1. The summed E-state index contributed by atoms with van der Waals surface area (Å²) in [6.07, 6.45) is 2.39. The van der Waals surface area contributed by atoms with E-state index in [2.05, 4.69) is 54.4 Å². The minimum atomic E-state index is 0. The smallest absolute Gasteiger partial charge is 0.189 e. The van der Waals surface area contributed by atoms with E-state index in [0.29, 0.717) is 18.4 Å². The molecule has 1 aromatic heterocycles. The molecule has 1 aromatic carbocycles. The first-order valence-electron chi connectivity index (χ1n) is 10.6. The lowest BCUT2D eigenvalue weighted by molar-refractivity contribution is -0.895. The van der Waals surface area contributed by atoms with Gasteiger partial charge in [-0.25, -0.2) is 0 Å². The van der Waals surface area contributed by atoms with Gasteiger partial charge in [0.05, 0.1) is 38.9 Å². The number of aromatic nitrogens is 2. The van der Waals surface area contributed by atoms with Crippen LogP contribution in [0.25, 0.3) is 11.3 Å². The molecule has 168 valence electrons. The normalized spacial score (nSPS) is 17.1. The van der Waals surface area contributed by atoms with E-state index < -0.39 is 0 Å². The fourth-order valence-electron chi connectivity index (χ4n) is 3.94. The fourth-order valence-corrected chi connectivity index (χ4v) is 3.94. The third-order valence-corrected chi connectivity index (χ3v) is 5.38. The van der Waals surface area contributed by atoms with E-state index in [1.165, 1.54) is 19.4 Å². The molecule has 0 spiro atoms. The summed E-state index contributed by atoms with van der Waals surface area (Å²) >= 11 is 0. The molecule has 0 bridgehead atoms. The number of likely N-dealkylation sites (tertiary alicyclic amines) is 1. The largest absolute Gasteiger partial charge is 1.00 e. The third-order valence-electron chi connectivity index (χ3n) is 5.38. The molecule has 0 aliphatic carbocycles. The molecule has 0 amide bonds. The van der Waals surface area contributed by atoms with Crippen molar-refractivity contribution in [2.24, 2.45) is 0 Å². The number of halogens is 1. The Kier molecular flexibility index (Phi) is 9.54. The zero-order chi connectivity index (χ0) is 21.6. The average molecular weight is 536 g/mol. The van der Waals surface area contributed by atoms with Crippen LogP contribution in [-0.4, -0.2) is 61.3 Å². The van der Waals surface area contributed by atoms with E-state index in [1.807, 2.05) is 32.0 Å². The second-order valence-electron chi connectivity index (χ2n) is 8.43. The van der Waals surface area contributed by atoms with Crippen LogP contribution < -0.4 is 34.0 Å². The van der Waals surface area contributed by atoms with Crippen LogP contribution >= 0.6 is 0 Å². The van der Waals surface area contributed by atoms with Gasteiger partial charge in [-0.15, -0.1) is 16.1 Å². The molecule has 6 nitrogen and oxygen atoms in total. The van der Waals surface area contributed by atoms with E-state index in [9.17, 15) is 0 Å². The van der Waals surface area contributed by atoms with Gasteiger partial charge in [0.1, 0.15) is 11.6 Å². The van der Waals surface area contributed by atoms with Gasteiger partial charge < -0.3 is 43.3 Å². The lowest BCUT2D eigenvalue weighted by Crippen LogP contribution is -3.00. The monoisotopic (exact) mass is 536 g/mol. The van der Waals surface area contributed by atoms with Crippen LogP contribution in [-0.2, 0) is 4.74 Å². The van der Waals surface area contributed by atoms with Crippen LogP contribution in [0.1, 0.15) is 37.8 Å². The molecule has 0 radical (unpaired) electrons. The second kappa shape index (κ2) is 11.7. The van der Waals surface area contributed by atoms with E-state index in [4.69, 9.17) is 9.47 Å². The summed E-state index contributed by atoms with van der Waals surface area (Å²) < 4.78 is 12.3. The number of piperidine rings is 1. The molecule has 0 unspecified atom stereocenters. The van der Waals surface area contributed by atoms with Gasteiger partial charge in [0, 0.05) is 17.7 Å². The highest BCUT2D eigenvalue weighted by Crippen LogP contribution is 2.32. The zero-order valence-electron chi connectivity index (χ0n) is 19.2. The summed E-state index contributed by atoms with van der Waals surface area (Å²) in [6.45, 7) is 8.93. The van der Waals surface area contributed by atoms with Crippen molar-refractivity contribution in [3.8, 4) is 28.8 Å². The Hall–Kier alpha value is -1.89. The predicted molar refractivity (Wildman–Crippen MR) is 120 cm³/mol. The maximum atomic E-state index is 5.87. The number of aryl methyl sites for hydroxylation is 1. The topological polar surface area (TPSA) is 56.3 Å². The van der Waals surface area contributed by atoms with Gasteiger partial charge in [-0.3, -0.25) is 0 Å². The van der Waals surface area contributed by atoms with Gasteiger partial charge in [-0.1, -0.05) is 5.92 Å². The number of hydrogen-bond donors (Lipinski definition) is 1. The highest BCUT2D eigenvalue weighted by Gasteiger charge is 2.27. The number of anilines is 1. The third kappa shape index (κ3) is 7.06. The molecular weight excluding hydrogens is 503 g/mol. The number of quaternary nitrogens is 1. The van der Waals surface area contributed by atoms with Crippen molar-refractivity contribution in [1.82, 2.24) is 10.2 Å². The Bertz CT molecular complexity index is 937. The SMILES string of the molecule is CC#Cc1ccc(-c2nnc(N[C@@H]3CCC[N+](C)(C)C3)cc2C)c(OCOCC)c1.[I-]. The number of ether oxygens (including phenoxy) is 2. The average Bonchev–Trinajstić information content (AvgIpc) is 2.69. The fraction of sp³-hybridized carbons (Fsp3) is 0.500. The minimum absolute atomic E-state index is 0. The van der Waals surface area contributed by atoms with Crippen molar-refractivity contribution >= 4 is 5.82 Å². The van der Waals surface area contributed by atoms with Crippen LogP contribution in [0.3, 0.4) is 0 Å². The Morgan fingerprint density at radius 2 is 2.03 bits per heavy atom. The van der Waals surface area contributed by atoms with Crippen LogP contribution in [0.5, 0.6) is 5.75 Å². The van der Waals surface area contributed by atoms with Gasteiger partial charge in [0.15, 0.2) is 6.79 Å². The Morgan fingerprint density at radius 3 is 2.71 bits per heavy atom. The van der Waals surface area contributed by atoms with Crippen LogP contribution in [0, 0.1) is 18.8 Å². The van der Waals surface area contributed by atoms with E-state index in [0.717, 1.165) is 39.2 Å². The highest BCUT2D eigenvalue weighted by molar-refractivity contribution is 5.71. The maximum absolute atomic E-state index is 5.87. The van der Waals surface area contributed by atoms with E-state index in [1.54, 1.807) is 0 Å². The molecule has 1 fully saturated rings. The van der Waals surface area contributed by atoms with Crippen LogP contribution in [0.15, 0.2) is 24.3 Å². The van der Waals surface area contributed by atoms with Crippen molar-refractivity contribution in [2.45, 2.75) is 39.7 Å². The lowest BCUT2D eigenvalue weighted by Gasteiger charge is -2.38. The van der Waals surface area contributed by atoms with Gasteiger partial charge in [0.25, 0.3) is 0 Å². The van der Waals surface area contributed by atoms with Crippen molar-refractivity contribution in [3.63, 3.8) is 0 Å². The molecule has 2 heterocycles. The highest BCUT2D eigenvalue weighted by atomic mass is 127. The summed E-state index contributed by atoms with van der Waals surface area (Å²) in [6, 6.07) is 8.40. The summed E-state index contributed by atoms with van der Waals surface area (Å²) in [5.74, 6) is 7.53. The van der Waals surface area contributed by atoms with Gasteiger partial charge in [-0.2, -0.15) is 0 Å². The molecule has 7 heteroatoms. The maximum Gasteiger partial charge on any atom is 0.189 e. The zero-order valence-corrected chi connectivity index (χ0v) is 21.3. The molecule has 3 rings (SSSR count). The molecule has 31 heavy (non-hydrogen) atoms. The van der Waals surface area contributed by atoms with Crippen molar-refractivity contribution < 1.29 is 37.9 Å². The van der Waals surface area contributed by atoms with Gasteiger partial charge in [-0.05, 0) is 63.4 Å². The van der Waals surface area contributed by atoms with Crippen molar-refractivity contribution in [3.05, 3.63) is 35.4 Å². The quantitative estimate of drug-likeness (QED) is 0.187. The molecule has 1 aliphatic heterocycles. The summed E-state index contributed by atoms with van der Waals surface area (Å²) in [5.41, 5.74) is 3.65. The number of likely N-dealkylation sites (N-methyl/N-ethyl adjacent to an activating group) is 1. The number of nitrogens with one attached hydrogen (secondary N) is 1. The van der Waals surface area contributed by atoms with Crippen LogP contribution in [0.4, 0.5) is 5.82 Å². The van der Waals surface area contributed by atoms with Gasteiger partial charge in [0.2, 0.25) is 0 Å². The van der Waals surface area contributed by atoms with Gasteiger partial charge >= 0.3 is 0 Å². The first-order chi connectivity index (χ1) is 14.4. The van der Waals surface area contributed by atoms with E-state index >= 15 is 0 Å². The van der Waals surface area contributed by atoms with Crippen LogP contribution in [0.2, 0.25) is 0 Å². The Labute approximate surface area is 203 Å².